The van der Waals surface area contributed by atoms with Gasteiger partial charge < -0.3 is 9.53 Å². The molecule has 0 aliphatic carbocycles. The zero-order chi connectivity index (χ0) is 17.0. The Balaban J connectivity index is 3.05. The molecule has 1 N–H and O–H groups in total. The molecule has 0 bridgehead atoms. The van der Waals surface area contributed by atoms with Gasteiger partial charge in [0.1, 0.15) is 11.9 Å². The lowest BCUT2D eigenvalue weighted by Gasteiger charge is -2.21. The molecule has 122 valence electrons. The van der Waals surface area contributed by atoms with E-state index < -0.39 is 23.4 Å². The van der Waals surface area contributed by atoms with E-state index in [2.05, 4.69) is 5.32 Å². The number of carbonyl (C=O) groups excluding carboxylic acids is 2. The number of hydrogen-bond acceptors (Lipinski definition) is 3. The third-order valence-electron chi connectivity index (χ3n) is 2.60. The number of halogens is 3. The summed E-state index contributed by atoms with van der Waals surface area (Å²) >= 11 is 0. The fraction of sp³-hybridized carbons (Fsp3) is 0.467. The number of nitrogens with one attached hydrogen (secondary N) is 1. The summed E-state index contributed by atoms with van der Waals surface area (Å²) in [5.74, 6) is 0. The van der Waals surface area contributed by atoms with Crippen LogP contribution in [0.3, 0.4) is 0 Å². The molecule has 0 aliphatic heterocycles. The first-order chi connectivity index (χ1) is 10.0. The van der Waals surface area contributed by atoms with Crippen LogP contribution in [0.2, 0.25) is 0 Å². The fourth-order valence-electron chi connectivity index (χ4n) is 1.72. The summed E-state index contributed by atoms with van der Waals surface area (Å²) in [5, 5.41) is 2.31. The Labute approximate surface area is 126 Å². The van der Waals surface area contributed by atoms with Gasteiger partial charge in [-0.05, 0) is 44.9 Å². The first kappa shape index (κ1) is 18.0. The van der Waals surface area contributed by atoms with Crippen molar-refractivity contribution in [3.8, 4) is 0 Å². The molecule has 22 heavy (non-hydrogen) atoms. The highest BCUT2D eigenvalue weighted by atomic mass is 19.4. The summed E-state index contributed by atoms with van der Waals surface area (Å²) in [7, 11) is 0. The number of rotatable bonds is 4. The summed E-state index contributed by atoms with van der Waals surface area (Å²) in [4.78, 5) is 22.2. The SMILES string of the molecule is CC(C)(C)OC(=O)Nc1cc(C(F)(F)F)ccc1CCC=O. The Morgan fingerprint density at radius 1 is 1.27 bits per heavy atom. The van der Waals surface area contributed by atoms with Gasteiger partial charge in [-0.15, -0.1) is 0 Å². The molecular weight excluding hydrogens is 299 g/mol. The lowest BCUT2D eigenvalue weighted by atomic mass is 10.0. The highest BCUT2D eigenvalue weighted by molar-refractivity contribution is 5.86. The molecule has 0 saturated heterocycles. The highest BCUT2D eigenvalue weighted by Crippen LogP contribution is 2.32. The van der Waals surface area contributed by atoms with Gasteiger partial charge in [0, 0.05) is 12.1 Å². The molecule has 1 aromatic carbocycles. The Kier molecular flexibility index (Phi) is 5.57. The van der Waals surface area contributed by atoms with Crippen LogP contribution in [0.1, 0.15) is 38.3 Å². The molecule has 0 saturated carbocycles. The van der Waals surface area contributed by atoms with Gasteiger partial charge in [0.25, 0.3) is 0 Å². The lowest BCUT2D eigenvalue weighted by molar-refractivity contribution is -0.137. The zero-order valence-electron chi connectivity index (χ0n) is 12.6. The third-order valence-corrected chi connectivity index (χ3v) is 2.60. The summed E-state index contributed by atoms with van der Waals surface area (Å²) in [6.07, 6.45) is -4.33. The number of ether oxygens (including phenoxy) is 1. The van der Waals surface area contributed by atoms with E-state index in [4.69, 9.17) is 4.74 Å². The molecule has 0 atom stereocenters. The molecule has 7 heteroatoms. The maximum absolute atomic E-state index is 12.8. The number of aryl methyl sites for hydroxylation is 1. The van der Waals surface area contributed by atoms with E-state index in [9.17, 15) is 22.8 Å². The summed E-state index contributed by atoms with van der Waals surface area (Å²) < 4.78 is 43.3. The molecule has 1 rings (SSSR count). The van der Waals surface area contributed by atoms with Crippen LogP contribution in [0, 0.1) is 0 Å². The normalized spacial score (nSPS) is 11.9. The van der Waals surface area contributed by atoms with Crippen molar-refractivity contribution in [2.75, 3.05) is 5.32 Å². The summed E-state index contributed by atoms with van der Waals surface area (Å²) in [6, 6.07) is 3.00. The van der Waals surface area contributed by atoms with Gasteiger partial charge in [-0.25, -0.2) is 4.79 Å². The average molecular weight is 317 g/mol. The molecular formula is C15H18F3NO3. The van der Waals surface area contributed by atoms with E-state index in [1.165, 1.54) is 6.07 Å². The van der Waals surface area contributed by atoms with E-state index >= 15 is 0 Å². The van der Waals surface area contributed by atoms with E-state index in [-0.39, 0.29) is 18.5 Å². The Bertz CT molecular complexity index is 548. The molecule has 0 fully saturated rings. The smallest absolute Gasteiger partial charge is 0.416 e. The minimum absolute atomic E-state index is 0.00840. The Morgan fingerprint density at radius 2 is 1.91 bits per heavy atom. The molecule has 1 amide bonds. The summed E-state index contributed by atoms with van der Waals surface area (Å²) in [5.41, 5.74) is -1.22. The largest absolute Gasteiger partial charge is 0.444 e. The molecule has 0 aromatic heterocycles. The van der Waals surface area contributed by atoms with Crippen molar-refractivity contribution in [2.24, 2.45) is 0 Å². The van der Waals surface area contributed by atoms with Gasteiger partial charge in [-0.1, -0.05) is 6.07 Å². The Hall–Kier alpha value is -2.05. The van der Waals surface area contributed by atoms with Crippen molar-refractivity contribution >= 4 is 18.1 Å². The number of hydrogen-bond donors (Lipinski definition) is 1. The quantitative estimate of drug-likeness (QED) is 0.847. The van der Waals surface area contributed by atoms with Crippen molar-refractivity contribution < 1.29 is 27.5 Å². The van der Waals surface area contributed by atoms with E-state index in [0.29, 0.717) is 11.8 Å². The van der Waals surface area contributed by atoms with Gasteiger partial charge in [-0.3, -0.25) is 5.32 Å². The highest BCUT2D eigenvalue weighted by Gasteiger charge is 2.31. The number of anilines is 1. The number of amides is 1. The van der Waals surface area contributed by atoms with E-state index in [0.717, 1.165) is 12.1 Å². The van der Waals surface area contributed by atoms with Crippen LogP contribution in [0.5, 0.6) is 0 Å². The number of carbonyl (C=O) groups is 2. The topological polar surface area (TPSA) is 55.4 Å². The molecule has 0 radical (unpaired) electrons. The standard InChI is InChI=1S/C15H18F3NO3/c1-14(2,3)22-13(21)19-12-9-11(15(16,17)18)7-6-10(12)5-4-8-20/h6-9H,4-5H2,1-3H3,(H,19,21). The molecule has 0 aliphatic rings. The van der Waals surface area contributed by atoms with Crippen molar-refractivity contribution in [2.45, 2.75) is 45.4 Å². The molecule has 0 heterocycles. The second-order valence-corrected chi connectivity index (χ2v) is 5.70. The van der Waals surface area contributed by atoms with Crippen molar-refractivity contribution in [3.05, 3.63) is 29.3 Å². The predicted octanol–water partition coefficient (Wildman–Crippen LogP) is 4.18. The van der Waals surface area contributed by atoms with Crippen LogP contribution in [0.4, 0.5) is 23.7 Å². The average Bonchev–Trinajstić information content (AvgIpc) is 2.33. The van der Waals surface area contributed by atoms with Crippen LogP contribution in [-0.2, 0) is 22.1 Å². The zero-order valence-corrected chi connectivity index (χ0v) is 12.6. The number of aldehydes is 1. The van der Waals surface area contributed by atoms with Gasteiger partial charge in [0.05, 0.1) is 5.56 Å². The van der Waals surface area contributed by atoms with E-state index in [1.807, 2.05) is 0 Å². The minimum Gasteiger partial charge on any atom is -0.444 e. The summed E-state index contributed by atoms with van der Waals surface area (Å²) in [6.45, 7) is 4.93. The third kappa shape index (κ3) is 5.75. The Morgan fingerprint density at radius 3 is 2.41 bits per heavy atom. The maximum Gasteiger partial charge on any atom is 0.416 e. The monoisotopic (exact) mass is 317 g/mol. The fourth-order valence-corrected chi connectivity index (χ4v) is 1.72. The van der Waals surface area contributed by atoms with Crippen LogP contribution in [0.15, 0.2) is 18.2 Å². The molecule has 1 aromatic rings. The second-order valence-electron chi connectivity index (χ2n) is 5.70. The number of alkyl halides is 3. The van der Waals surface area contributed by atoms with Gasteiger partial charge in [0.2, 0.25) is 0 Å². The maximum atomic E-state index is 12.8. The molecule has 0 unspecified atom stereocenters. The molecule has 0 spiro atoms. The molecule has 4 nitrogen and oxygen atoms in total. The van der Waals surface area contributed by atoms with Crippen LogP contribution >= 0.6 is 0 Å². The first-order valence-electron chi connectivity index (χ1n) is 6.66. The van der Waals surface area contributed by atoms with Crippen molar-refractivity contribution in [1.82, 2.24) is 0 Å². The van der Waals surface area contributed by atoms with Crippen molar-refractivity contribution in [3.63, 3.8) is 0 Å². The van der Waals surface area contributed by atoms with Gasteiger partial charge in [0.15, 0.2) is 0 Å². The van der Waals surface area contributed by atoms with Gasteiger partial charge >= 0.3 is 12.3 Å². The minimum atomic E-state index is -4.52. The van der Waals surface area contributed by atoms with Gasteiger partial charge in [-0.2, -0.15) is 13.2 Å². The van der Waals surface area contributed by atoms with E-state index in [1.54, 1.807) is 20.8 Å². The predicted molar refractivity (Wildman–Crippen MR) is 75.7 cm³/mol. The number of benzene rings is 1. The first-order valence-corrected chi connectivity index (χ1v) is 6.66. The van der Waals surface area contributed by atoms with Crippen LogP contribution in [0.25, 0.3) is 0 Å². The second kappa shape index (κ2) is 6.81. The van der Waals surface area contributed by atoms with Crippen LogP contribution < -0.4 is 5.32 Å². The lowest BCUT2D eigenvalue weighted by Crippen LogP contribution is -2.27. The van der Waals surface area contributed by atoms with Crippen LogP contribution in [-0.4, -0.2) is 18.0 Å². The van der Waals surface area contributed by atoms with Crippen molar-refractivity contribution in [1.29, 1.82) is 0 Å².